The Morgan fingerprint density at radius 1 is 1.00 bits per heavy atom. The molecule has 30 heavy (non-hydrogen) atoms. The second-order valence-electron chi connectivity index (χ2n) is 6.28. The van der Waals surface area contributed by atoms with Crippen molar-refractivity contribution in [3.63, 3.8) is 0 Å². The summed E-state index contributed by atoms with van der Waals surface area (Å²) in [5.41, 5.74) is 0.894. The molecule has 9 heteroatoms. The SMILES string of the molecule is OC(COc1c(Cl)cccc1Cl)CSc1nnc(-c2ccco2)n1-c1ccccc1. The van der Waals surface area contributed by atoms with Crippen molar-refractivity contribution in [2.45, 2.75) is 11.3 Å². The molecule has 6 nitrogen and oxygen atoms in total. The molecule has 0 spiro atoms. The van der Waals surface area contributed by atoms with Crippen molar-refractivity contribution in [3.8, 4) is 23.0 Å². The fraction of sp³-hybridized carbons (Fsp3) is 0.143. The van der Waals surface area contributed by atoms with Crippen molar-refractivity contribution in [1.82, 2.24) is 14.8 Å². The number of hydrogen-bond donors (Lipinski definition) is 1. The molecule has 0 amide bonds. The van der Waals surface area contributed by atoms with Crippen molar-refractivity contribution >= 4 is 35.0 Å². The van der Waals surface area contributed by atoms with Crippen LogP contribution in [0.2, 0.25) is 10.0 Å². The quantitative estimate of drug-likeness (QED) is 0.355. The van der Waals surface area contributed by atoms with Crippen LogP contribution in [0.5, 0.6) is 5.75 Å². The van der Waals surface area contributed by atoms with E-state index in [-0.39, 0.29) is 6.61 Å². The first-order chi connectivity index (χ1) is 14.6. The third-order valence-electron chi connectivity index (χ3n) is 4.13. The smallest absolute Gasteiger partial charge is 0.205 e. The molecule has 0 saturated carbocycles. The van der Waals surface area contributed by atoms with Gasteiger partial charge in [-0.1, -0.05) is 59.2 Å². The van der Waals surface area contributed by atoms with E-state index in [1.54, 1.807) is 30.5 Å². The topological polar surface area (TPSA) is 73.3 Å². The van der Waals surface area contributed by atoms with Crippen LogP contribution in [-0.4, -0.2) is 38.3 Å². The molecule has 2 heterocycles. The first kappa shape index (κ1) is 20.8. The monoisotopic (exact) mass is 461 g/mol. The molecule has 2 aromatic heterocycles. The van der Waals surface area contributed by atoms with Gasteiger partial charge in [0.15, 0.2) is 16.7 Å². The van der Waals surface area contributed by atoms with Crippen molar-refractivity contribution < 1.29 is 14.3 Å². The Balaban J connectivity index is 1.48. The molecule has 1 atom stereocenters. The van der Waals surface area contributed by atoms with Gasteiger partial charge < -0.3 is 14.3 Å². The van der Waals surface area contributed by atoms with Crippen molar-refractivity contribution in [2.24, 2.45) is 0 Å². The van der Waals surface area contributed by atoms with E-state index in [1.165, 1.54) is 11.8 Å². The molecule has 0 radical (unpaired) electrons. The molecule has 0 saturated heterocycles. The number of benzene rings is 2. The predicted molar refractivity (Wildman–Crippen MR) is 118 cm³/mol. The van der Waals surface area contributed by atoms with E-state index in [9.17, 15) is 5.11 Å². The lowest BCUT2D eigenvalue weighted by molar-refractivity contribution is 0.126. The number of halogens is 2. The maximum absolute atomic E-state index is 10.4. The molecule has 4 rings (SSSR count). The molecular formula is C21H17Cl2N3O3S. The van der Waals surface area contributed by atoms with Gasteiger partial charge >= 0.3 is 0 Å². The molecule has 0 aliphatic heterocycles. The highest BCUT2D eigenvalue weighted by atomic mass is 35.5. The molecule has 0 aliphatic carbocycles. The fourth-order valence-corrected chi connectivity index (χ4v) is 4.12. The van der Waals surface area contributed by atoms with Gasteiger partial charge in [0.1, 0.15) is 6.61 Å². The van der Waals surface area contributed by atoms with Crippen LogP contribution in [0.25, 0.3) is 17.3 Å². The van der Waals surface area contributed by atoms with Crippen molar-refractivity contribution in [2.75, 3.05) is 12.4 Å². The Labute approximate surface area is 187 Å². The number of para-hydroxylation sites is 2. The van der Waals surface area contributed by atoms with E-state index >= 15 is 0 Å². The molecule has 0 aliphatic rings. The van der Waals surface area contributed by atoms with E-state index in [0.29, 0.717) is 38.3 Å². The number of rotatable bonds is 8. The van der Waals surface area contributed by atoms with Gasteiger partial charge in [0.2, 0.25) is 5.82 Å². The molecule has 1 unspecified atom stereocenters. The third-order valence-corrected chi connectivity index (χ3v) is 5.80. The molecule has 154 valence electrons. The number of aromatic nitrogens is 3. The van der Waals surface area contributed by atoms with E-state index < -0.39 is 6.10 Å². The third kappa shape index (κ3) is 4.65. The number of hydrogen-bond acceptors (Lipinski definition) is 6. The minimum Gasteiger partial charge on any atom is -0.488 e. The number of furan rings is 1. The normalized spacial score (nSPS) is 12.1. The summed E-state index contributed by atoms with van der Waals surface area (Å²) in [5, 5.41) is 20.4. The zero-order chi connectivity index (χ0) is 20.9. The summed E-state index contributed by atoms with van der Waals surface area (Å²) in [6.07, 6.45) is 0.822. The van der Waals surface area contributed by atoms with Gasteiger partial charge in [-0.2, -0.15) is 0 Å². The van der Waals surface area contributed by atoms with Crippen LogP contribution in [0.4, 0.5) is 0 Å². The summed E-state index contributed by atoms with van der Waals surface area (Å²) in [7, 11) is 0. The Bertz CT molecular complexity index is 1080. The molecule has 1 N–H and O–H groups in total. The summed E-state index contributed by atoms with van der Waals surface area (Å²) in [4.78, 5) is 0. The number of aliphatic hydroxyl groups excluding tert-OH is 1. The lowest BCUT2D eigenvalue weighted by Gasteiger charge is -2.14. The van der Waals surface area contributed by atoms with Crippen LogP contribution < -0.4 is 4.74 Å². The van der Waals surface area contributed by atoms with E-state index in [0.717, 1.165) is 5.69 Å². The zero-order valence-electron chi connectivity index (χ0n) is 15.6. The van der Waals surface area contributed by atoms with Gasteiger partial charge in [0.25, 0.3) is 0 Å². The lowest BCUT2D eigenvalue weighted by Crippen LogP contribution is -2.20. The summed E-state index contributed by atoms with van der Waals surface area (Å²) < 4.78 is 13.0. The zero-order valence-corrected chi connectivity index (χ0v) is 17.9. The van der Waals surface area contributed by atoms with Gasteiger partial charge in [-0.15, -0.1) is 10.2 Å². The Kier molecular flexibility index (Phi) is 6.64. The van der Waals surface area contributed by atoms with Crippen LogP contribution in [0.1, 0.15) is 0 Å². The summed E-state index contributed by atoms with van der Waals surface area (Å²) in [5.74, 6) is 1.89. The van der Waals surface area contributed by atoms with Crippen LogP contribution in [0.3, 0.4) is 0 Å². The fourth-order valence-electron chi connectivity index (χ4n) is 2.76. The van der Waals surface area contributed by atoms with Crippen molar-refractivity contribution in [3.05, 3.63) is 77.0 Å². The largest absolute Gasteiger partial charge is 0.488 e. The highest BCUT2D eigenvalue weighted by Gasteiger charge is 2.19. The molecule has 0 bridgehead atoms. The highest BCUT2D eigenvalue weighted by Crippen LogP contribution is 2.33. The van der Waals surface area contributed by atoms with Gasteiger partial charge in [-0.3, -0.25) is 4.57 Å². The Morgan fingerprint density at radius 2 is 1.77 bits per heavy atom. The number of aliphatic hydroxyl groups is 1. The van der Waals surface area contributed by atoms with Crippen LogP contribution >= 0.6 is 35.0 Å². The van der Waals surface area contributed by atoms with E-state index in [1.807, 2.05) is 41.0 Å². The maximum Gasteiger partial charge on any atom is 0.205 e. The molecule has 0 fully saturated rings. The highest BCUT2D eigenvalue weighted by molar-refractivity contribution is 7.99. The van der Waals surface area contributed by atoms with E-state index in [2.05, 4.69) is 10.2 Å². The van der Waals surface area contributed by atoms with Crippen LogP contribution in [0, 0.1) is 0 Å². The second-order valence-corrected chi connectivity index (χ2v) is 8.08. The maximum atomic E-state index is 10.4. The Morgan fingerprint density at radius 3 is 2.47 bits per heavy atom. The van der Waals surface area contributed by atoms with Crippen molar-refractivity contribution in [1.29, 1.82) is 0 Å². The molecular weight excluding hydrogens is 445 g/mol. The first-order valence-electron chi connectivity index (χ1n) is 9.06. The number of ether oxygens (including phenoxy) is 1. The minimum atomic E-state index is -0.768. The first-order valence-corrected chi connectivity index (χ1v) is 10.8. The van der Waals surface area contributed by atoms with Gasteiger partial charge in [-0.05, 0) is 36.4 Å². The number of nitrogens with zero attached hydrogens (tertiary/aromatic N) is 3. The van der Waals surface area contributed by atoms with E-state index in [4.69, 9.17) is 32.4 Å². The summed E-state index contributed by atoms with van der Waals surface area (Å²) >= 11 is 13.6. The standard InChI is InChI=1S/C21H17Cl2N3O3S/c22-16-8-4-9-17(23)19(16)29-12-15(27)13-30-21-25-24-20(18-10-5-11-28-18)26(21)14-6-2-1-3-7-14/h1-11,15,27H,12-13H2. The van der Waals surface area contributed by atoms with Crippen LogP contribution in [0.15, 0.2) is 76.5 Å². The summed E-state index contributed by atoms with van der Waals surface area (Å²) in [6, 6.07) is 18.5. The Hall–Kier alpha value is -2.45. The average molecular weight is 462 g/mol. The number of thioether (sulfide) groups is 1. The second kappa shape index (κ2) is 9.57. The van der Waals surface area contributed by atoms with Crippen LogP contribution in [-0.2, 0) is 0 Å². The minimum absolute atomic E-state index is 0.0426. The molecule has 2 aromatic carbocycles. The lowest BCUT2D eigenvalue weighted by atomic mass is 10.3. The average Bonchev–Trinajstić information content (AvgIpc) is 3.42. The summed E-state index contributed by atoms with van der Waals surface area (Å²) in [6.45, 7) is 0.0426. The molecule has 4 aromatic rings. The van der Waals surface area contributed by atoms with Gasteiger partial charge in [0, 0.05) is 11.4 Å². The van der Waals surface area contributed by atoms with Gasteiger partial charge in [-0.25, -0.2) is 0 Å². The van der Waals surface area contributed by atoms with Gasteiger partial charge in [0.05, 0.1) is 22.4 Å². The predicted octanol–water partition coefficient (Wildman–Crippen LogP) is 5.37.